The molecule has 1 aromatic rings. The second-order valence-electron chi connectivity index (χ2n) is 3.91. The van der Waals surface area contributed by atoms with Crippen LogP contribution in [0.15, 0.2) is 24.3 Å². The summed E-state index contributed by atoms with van der Waals surface area (Å²) in [6.45, 7) is 12.0. The molecular formula is C16H27BO2. The molecule has 1 unspecified atom stereocenters. The van der Waals surface area contributed by atoms with Crippen molar-refractivity contribution in [1.82, 2.24) is 0 Å². The number of carbonyl (C=O) groups is 1. The molecule has 3 heteroatoms. The Kier molecular flexibility index (Phi) is 12.5. The first kappa shape index (κ1) is 20.1. The molecule has 2 radical (unpaired) electrons. The van der Waals surface area contributed by atoms with E-state index in [1.54, 1.807) is 12.1 Å². The van der Waals surface area contributed by atoms with Gasteiger partial charge in [0.25, 0.3) is 0 Å². The van der Waals surface area contributed by atoms with Crippen molar-refractivity contribution >= 4 is 19.3 Å². The van der Waals surface area contributed by atoms with Crippen molar-refractivity contribution in [3.63, 3.8) is 0 Å². The van der Waals surface area contributed by atoms with E-state index in [2.05, 4.69) is 0 Å². The molecule has 0 heterocycles. The Morgan fingerprint density at radius 2 is 1.47 bits per heavy atom. The summed E-state index contributed by atoms with van der Waals surface area (Å²) >= 11 is 0. The standard InChI is InChI=1S/C12H15BO2.2C2H6/c1-8(2)11(12(14)15-3)9-4-6-10(13)7-5-9;2*1-2/h4-8,11H,1-3H3;2*1-2H3. The number of hydrogen-bond donors (Lipinski definition) is 0. The van der Waals surface area contributed by atoms with Gasteiger partial charge in [-0.05, 0) is 11.5 Å². The molecule has 0 aliphatic heterocycles. The first-order valence-electron chi connectivity index (χ1n) is 6.99. The van der Waals surface area contributed by atoms with Crippen molar-refractivity contribution in [1.29, 1.82) is 0 Å². The molecule has 0 spiro atoms. The van der Waals surface area contributed by atoms with Crippen LogP contribution in [0.3, 0.4) is 0 Å². The van der Waals surface area contributed by atoms with Crippen molar-refractivity contribution < 1.29 is 9.53 Å². The maximum atomic E-state index is 11.6. The normalized spacial score (nSPS) is 10.5. The molecule has 1 atom stereocenters. The molecule has 0 aliphatic rings. The van der Waals surface area contributed by atoms with Crippen LogP contribution in [0.5, 0.6) is 0 Å². The van der Waals surface area contributed by atoms with E-state index in [0.29, 0.717) is 5.46 Å². The van der Waals surface area contributed by atoms with Gasteiger partial charge < -0.3 is 4.74 Å². The van der Waals surface area contributed by atoms with Gasteiger partial charge >= 0.3 is 5.97 Å². The zero-order valence-electron chi connectivity index (χ0n) is 13.4. The highest BCUT2D eigenvalue weighted by molar-refractivity contribution is 6.32. The molecule has 106 valence electrons. The molecule has 0 amide bonds. The molecule has 0 fully saturated rings. The van der Waals surface area contributed by atoms with E-state index in [1.807, 2.05) is 53.7 Å². The van der Waals surface area contributed by atoms with Crippen molar-refractivity contribution in [3.05, 3.63) is 29.8 Å². The minimum Gasteiger partial charge on any atom is -0.469 e. The number of esters is 1. The SMILES string of the molecule is CC.CC.[B]c1ccc(C(C(=O)OC)C(C)C)cc1. The maximum absolute atomic E-state index is 11.6. The van der Waals surface area contributed by atoms with Gasteiger partial charge in [0.1, 0.15) is 7.85 Å². The highest BCUT2D eigenvalue weighted by Crippen LogP contribution is 2.24. The number of carbonyl (C=O) groups excluding carboxylic acids is 1. The van der Waals surface area contributed by atoms with Gasteiger partial charge in [-0.15, -0.1) is 0 Å². The Morgan fingerprint density at radius 3 is 1.79 bits per heavy atom. The van der Waals surface area contributed by atoms with E-state index in [9.17, 15) is 4.79 Å². The summed E-state index contributed by atoms with van der Waals surface area (Å²) < 4.78 is 4.79. The fraction of sp³-hybridized carbons (Fsp3) is 0.562. The largest absolute Gasteiger partial charge is 0.469 e. The van der Waals surface area contributed by atoms with Gasteiger partial charge in [-0.3, -0.25) is 4.79 Å². The average Bonchev–Trinajstić information content (AvgIpc) is 2.45. The maximum Gasteiger partial charge on any atom is 0.313 e. The zero-order chi connectivity index (χ0) is 15.4. The highest BCUT2D eigenvalue weighted by atomic mass is 16.5. The monoisotopic (exact) mass is 262 g/mol. The zero-order valence-corrected chi connectivity index (χ0v) is 13.4. The molecule has 19 heavy (non-hydrogen) atoms. The van der Waals surface area contributed by atoms with Gasteiger partial charge in [-0.1, -0.05) is 71.3 Å². The smallest absolute Gasteiger partial charge is 0.313 e. The highest BCUT2D eigenvalue weighted by Gasteiger charge is 2.24. The van der Waals surface area contributed by atoms with Crippen molar-refractivity contribution in [2.45, 2.75) is 47.5 Å². The Labute approximate surface area is 120 Å². The van der Waals surface area contributed by atoms with Crippen LogP contribution in [-0.4, -0.2) is 20.9 Å². The summed E-state index contributed by atoms with van der Waals surface area (Å²) in [4.78, 5) is 11.6. The van der Waals surface area contributed by atoms with Gasteiger partial charge in [0.2, 0.25) is 0 Å². The number of ether oxygens (including phenoxy) is 1. The lowest BCUT2D eigenvalue weighted by Gasteiger charge is -2.18. The van der Waals surface area contributed by atoms with E-state index in [1.165, 1.54) is 7.11 Å². The summed E-state index contributed by atoms with van der Waals surface area (Å²) in [6, 6.07) is 7.34. The summed E-state index contributed by atoms with van der Waals surface area (Å²) in [5.74, 6) is -0.202. The van der Waals surface area contributed by atoms with Gasteiger partial charge in [-0.2, -0.15) is 0 Å². The second-order valence-corrected chi connectivity index (χ2v) is 3.91. The first-order valence-corrected chi connectivity index (χ1v) is 6.99. The lowest BCUT2D eigenvalue weighted by Crippen LogP contribution is -2.20. The molecule has 0 bridgehead atoms. The number of hydrogen-bond acceptors (Lipinski definition) is 2. The van der Waals surface area contributed by atoms with E-state index >= 15 is 0 Å². The van der Waals surface area contributed by atoms with Crippen molar-refractivity contribution in [2.24, 2.45) is 5.92 Å². The van der Waals surface area contributed by atoms with Crippen LogP contribution in [0.2, 0.25) is 0 Å². The van der Waals surface area contributed by atoms with Crippen LogP contribution >= 0.6 is 0 Å². The van der Waals surface area contributed by atoms with Crippen LogP contribution in [-0.2, 0) is 9.53 Å². The molecule has 0 N–H and O–H groups in total. The van der Waals surface area contributed by atoms with Crippen LogP contribution in [0.25, 0.3) is 0 Å². The van der Waals surface area contributed by atoms with Gasteiger partial charge in [0.15, 0.2) is 0 Å². The first-order chi connectivity index (χ1) is 9.06. The summed E-state index contributed by atoms with van der Waals surface area (Å²) in [5, 5.41) is 0. The number of rotatable bonds is 3. The summed E-state index contributed by atoms with van der Waals surface area (Å²) in [5.41, 5.74) is 1.65. The van der Waals surface area contributed by atoms with E-state index in [-0.39, 0.29) is 17.8 Å². The number of methoxy groups -OCH3 is 1. The lowest BCUT2D eigenvalue weighted by molar-refractivity contribution is -0.143. The summed E-state index contributed by atoms with van der Waals surface area (Å²) in [7, 11) is 7.01. The van der Waals surface area contributed by atoms with Crippen molar-refractivity contribution in [2.75, 3.05) is 7.11 Å². The second kappa shape index (κ2) is 11.8. The van der Waals surface area contributed by atoms with Crippen molar-refractivity contribution in [3.8, 4) is 0 Å². The minimum atomic E-state index is -0.212. The average molecular weight is 262 g/mol. The van der Waals surface area contributed by atoms with Gasteiger partial charge in [-0.25, -0.2) is 0 Å². The van der Waals surface area contributed by atoms with E-state index in [4.69, 9.17) is 12.6 Å². The molecule has 0 aromatic heterocycles. The Morgan fingerprint density at radius 1 is 1.05 bits per heavy atom. The molecular weight excluding hydrogens is 235 g/mol. The molecule has 0 saturated heterocycles. The Hall–Kier alpha value is -1.25. The molecule has 0 aliphatic carbocycles. The van der Waals surface area contributed by atoms with Gasteiger partial charge in [0, 0.05) is 0 Å². The third kappa shape index (κ3) is 7.04. The molecule has 1 aromatic carbocycles. The molecule has 1 rings (SSSR count). The third-order valence-electron chi connectivity index (χ3n) is 2.42. The third-order valence-corrected chi connectivity index (χ3v) is 2.42. The van der Waals surface area contributed by atoms with E-state index < -0.39 is 0 Å². The fourth-order valence-electron chi connectivity index (χ4n) is 1.62. The van der Waals surface area contributed by atoms with Crippen LogP contribution < -0.4 is 5.46 Å². The van der Waals surface area contributed by atoms with Crippen LogP contribution in [0, 0.1) is 5.92 Å². The van der Waals surface area contributed by atoms with Crippen LogP contribution in [0.4, 0.5) is 0 Å². The molecule has 2 nitrogen and oxygen atoms in total. The summed E-state index contributed by atoms with van der Waals surface area (Å²) in [6.07, 6.45) is 0. The lowest BCUT2D eigenvalue weighted by atomic mass is 9.86. The Balaban J connectivity index is 0. The predicted molar refractivity (Wildman–Crippen MR) is 84.1 cm³/mol. The minimum absolute atomic E-state index is 0.199. The topological polar surface area (TPSA) is 26.3 Å². The van der Waals surface area contributed by atoms with Gasteiger partial charge in [0.05, 0.1) is 13.0 Å². The fourth-order valence-corrected chi connectivity index (χ4v) is 1.62. The number of benzene rings is 1. The predicted octanol–water partition coefficient (Wildman–Crippen LogP) is 3.45. The quantitative estimate of drug-likeness (QED) is 0.616. The molecule has 0 saturated carbocycles. The van der Waals surface area contributed by atoms with E-state index in [0.717, 1.165) is 5.56 Å². The Bertz CT molecular complexity index is 331. The van der Waals surface area contributed by atoms with Crippen LogP contribution in [0.1, 0.15) is 53.0 Å².